The fraction of sp³-hybridized carbons (Fsp3) is 0.945. The molecule has 0 rings (SSSR count). The van der Waals surface area contributed by atoms with Crippen LogP contribution in [-0.2, 0) is 28.6 Å². The molecule has 0 aromatic carbocycles. The van der Waals surface area contributed by atoms with Crippen LogP contribution in [0.4, 0.5) is 0 Å². The van der Waals surface area contributed by atoms with Crippen molar-refractivity contribution in [2.24, 2.45) is 11.8 Å². The van der Waals surface area contributed by atoms with Crippen LogP contribution in [0, 0.1) is 11.8 Å². The highest BCUT2D eigenvalue weighted by Crippen LogP contribution is 2.18. The molecule has 0 saturated carbocycles. The molecule has 0 saturated heterocycles. The van der Waals surface area contributed by atoms with E-state index in [0.717, 1.165) is 69.6 Å². The summed E-state index contributed by atoms with van der Waals surface area (Å²) < 4.78 is 16.8. The molecule has 0 amide bonds. The number of esters is 3. The third-order valence-electron chi connectivity index (χ3n) is 12.8. The molecule has 6 heteroatoms. The van der Waals surface area contributed by atoms with Crippen LogP contribution in [0.25, 0.3) is 0 Å². The number of hydrogen-bond donors (Lipinski definition) is 0. The fourth-order valence-corrected chi connectivity index (χ4v) is 8.31. The highest BCUT2D eigenvalue weighted by Gasteiger charge is 2.19. The Labute approximate surface area is 380 Å². The Morgan fingerprint density at radius 3 is 0.934 bits per heavy atom. The maximum absolute atomic E-state index is 12.8. The molecule has 0 aromatic rings. The van der Waals surface area contributed by atoms with Crippen LogP contribution in [0.15, 0.2) is 0 Å². The van der Waals surface area contributed by atoms with Crippen LogP contribution in [0.5, 0.6) is 0 Å². The SMILES string of the molecule is CCCCCCCCCCCCCCCC(=O)O[C@H](COC(=O)CCCCCCCCCCCCCCCCC(C)CC)COC(=O)CCCCCCCCCCCC(C)C. The first-order chi connectivity index (χ1) is 29.8. The van der Waals surface area contributed by atoms with Crippen molar-refractivity contribution in [3.63, 3.8) is 0 Å². The van der Waals surface area contributed by atoms with Gasteiger partial charge >= 0.3 is 17.9 Å². The molecule has 0 heterocycles. The Bertz CT molecular complexity index is 933. The van der Waals surface area contributed by atoms with E-state index in [-0.39, 0.29) is 31.1 Å². The van der Waals surface area contributed by atoms with Gasteiger partial charge in [-0.3, -0.25) is 14.4 Å². The van der Waals surface area contributed by atoms with Crippen LogP contribution in [0.3, 0.4) is 0 Å². The number of rotatable bonds is 49. The topological polar surface area (TPSA) is 78.9 Å². The third kappa shape index (κ3) is 47.7. The van der Waals surface area contributed by atoms with E-state index in [4.69, 9.17) is 14.2 Å². The van der Waals surface area contributed by atoms with Crippen LogP contribution < -0.4 is 0 Å². The molecule has 2 atom stereocenters. The van der Waals surface area contributed by atoms with Gasteiger partial charge in [-0.05, 0) is 31.1 Å². The molecule has 0 radical (unpaired) electrons. The molecular weight excluding hydrogens is 757 g/mol. The van der Waals surface area contributed by atoms with Gasteiger partial charge < -0.3 is 14.2 Å². The normalized spacial score (nSPS) is 12.5. The van der Waals surface area contributed by atoms with E-state index < -0.39 is 6.10 Å². The van der Waals surface area contributed by atoms with E-state index in [2.05, 4.69) is 34.6 Å². The Morgan fingerprint density at radius 1 is 0.344 bits per heavy atom. The molecular formula is C55H106O6. The maximum atomic E-state index is 12.8. The van der Waals surface area contributed by atoms with Crippen molar-refractivity contribution in [3.8, 4) is 0 Å². The Balaban J connectivity index is 4.28. The smallest absolute Gasteiger partial charge is 0.306 e. The average molecular weight is 863 g/mol. The lowest BCUT2D eigenvalue weighted by molar-refractivity contribution is -0.167. The van der Waals surface area contributed by atoms with Crippen molar-refractivity contribution in [2.45, 2.75) is 310 Å². The second-order valence-electron chi connectivity index (χ2n) is 19.6. The monoisotopic (exact) mass is 863 g/mol. The lowest BCUT2D eigenvalue weighted by atomic mass is 9.99. The molecule has 1 unspecified atom stereocenters. The molecule has 0 aromatic heterocycles. The van der Waals surface area contributed by atoms with Gasteiger partial charge in [0, 0.05) is 19.3 Å². The molecule has 0 N–H and O–H groups in total. The molecule has 0 aliphatic rings. The van der Waals surface area contributed by atoms with Crippen LogP contribution in [-0.4, -0.2) is 37.2 Å². The van der Waals surface area contributed by atoms with E-state index >= 15 is 0 Å². The maximum Gasteiger partial charge on any atom is 0.306 e. The van der Waals surface area contributed by atoms with Gasteiger partial charge in [0.05, 0.1) is 0 Å². The zero-order valence-corrected chi connectivity index (χ0v) is 41.8. The van der Waals surface area contributed by atoms with Crippen molar-refractivity contribution in [2.75, 3.05) is 13.2 Å². The molecule has 0 fully saturated rings. The Hall–Kier alpha value is -1.59. The largest absolute Gasteiger partial charge is 0.462 e. The van der Waals surface area contributed by atoms with Gasteiger partial charge in [0.1, 0.15) is 13.2 Å². The van der Waals surface area contributed by atoms with Crippen molar-refractivity contribution < 1.29 is 28.6 Å². The minimum absolute atomic E-state index is 0.0633. The van der Waals surface area contributed by atoms with E-state index in [1.807, 2.05) is 0 Å². The van der Waals surface area contributed by atoms with Crippen LogP contribution >= 0.6 is 0 Å². The molecule has 0 aliphatic carbocycles. The zero-order chi connectivity index (χ0) is 44.7. The molecule has 61 heavy (non-hydrogen) atoms. The lowest BCUT2D eigenvalue weighted by Crippen LogP contribution is -2.30. The Morgan fingerprint density at radius 2 is 0.623 bits per heavy atom. The number of hydrogen-bond acceptors (Lipinski definition) is 6. The molecule has 362 valence electrons. The van der Waals surface area contributed by atoms with Crippen molar-refractivity contribution in [3.05, 3.63) is 0 Å². The first-order valence-electron chi connectivity index (χ1n) is 27.3. The molecule has 0 spiro atoms. The van der Waals surface area contributed by atoms with E-state index in [1.54, 1.807) is 0 Å². The second-order valence-corrected chi connectivity index (χ2v) is 19.6. The van der Waals surface area contributed by atoms with Gasteiger partial charge in [-0.2, -0.15) is 0 Å². The van der Waals surface area contributed by atoms with Crippen molar-refractivity contribution >= 4 is 17.9 Å². The standard InChI is InChI=1S/C55H106O6/c1-6-8-9-10-11-12-13-16-21-26-32-37-42-47-55(58)61-52(49-60-54(57)46-41-36-31-27-22-23-28-33-38-43-50(3)4)48-59-53(56)45-40-35-30-25-20-18-15-14-17-19-24-29-34-39-44-51(5)7-2/h50-52H,6-49H2,1-5H3/t51?,52-/m1/s1. The summed E-state index contributed by atoms with van der Waals surface area (Å²) in [6.07, 6.45) is 49.4. The minimum Gasteiger partial charge on any atom is -0.462 e. The highest BCUT2D eigenvalue weighted by atomic mass is 16.6. The van der Waals surface area contributed by atoms with Gasteiger partial charge in [0.15, 0.2) is 6.10 Å². The number of carbonyl (C=O) groups excluding carboxylic acids is 3. The number of ether oxygens (including phenoxy) is 3. The summed E-state index contributed by atoms with van der Waals surface area (Å²) in [6.45, 7) is 11.4. The predicted molar refractivity (Wildman–Crippen MR) is 261 cm³/mol. The fourth-order valence-electron chi connectivity index (χ4n) is 8.31. The summed E-state index contributed by atoms with van der Waals surface area (Å²) >= 11 is 0. The van der Waals surface area contributed by atoms with E-state index in [0.29, 0.717) is 19.3 Å². The van der Waals surface area contributed by atoms with Gasteiger partial charge in [-0.25, -0.2) is 0 Å². The lowest BCUT2D eigenvalue weighted by Gasteiger charge is -2.18. The van der Waals surface area contributed by atoms with Gasteiger partial charge in [-0.1, -0.05) is 266 Å². The zero-order valence-electron chi connectivity index (χ0n) is 41.8. The molecule has 0 aliphatic heterocycles. The number of carbonyl (C=O) groups is 3. The predicted octanol–water partition coefficient (Wildman–Crippen LogP) is 17.7. The molecule has 6 nitrogen and oxygen atoms in total. The van der Waals surface area contributed by atoms with E-state index in [1.165, 1.54) is 193 Å². The van der Waals surface area contributed by atoms with Crippen molar-refractivity contribution in [1.82, 2.24) is 0 Å². The molecule has 0 bridgehead atoms. The first-order valence-corrected chi connectivity index (χ1v) is 27.3. The first kappa shape index (κ1) is 59.4. The minimum atomic E-state index is -0.762. The van der Waals surface area contributed by atoms with Gasteiger partial charge in [0.25, 0.3) is 0 Å². The average Bonchev–Trinajstić information content (AvgIpc) is 3.24. The number of unbranched alkanes of at least 4 members (excludes halogenated alkanes) is 33. The summed E-state index contributed by atoms with van der Waals surface area (Å²) in [6, 6.07) is 0. The Kier molecular flexibility index (Phi) is 46.6. The summed E-state index contributed by atoms with van der Waals surface area (Å²) in [5, 5.41) is 0. The third-order valence-corrected chi connectivity index (χ3v) is 12.8. The summed E-state index contributed by atoms with van der Waals surface area (Å²) in [5.41, 5.74) is 0. The van der Waals surface area contributed by atoms with Crippen molar-refractivity contribution in [1.29, 1.82) is 0 Å². The summed E-state index contributed by atoms with van der Waals surface area (Å²) in [4.78, 5) is 38.0. The van der Waals surface area contributed by atoms with Crippen LogP contribution in [0.1, 0.15) is 304 Å². The van der Waals surface area contributed by atoms with Gasteiger partial charge in [0.2, 0.25) is 0 Å². The highest BCUT2D eigenvalue weighted by molar-refractivity contribution is 5.71. The summed E-state index contributed by atoms with van der Waals surface area (Å²) in [7, 11) is 0. The van der Waals surface area contributed by atoms with Gasteiger partial charge in [-0.15, -0.1) is 0 Å². The quantitative estimate of drug-likeness (QED) is 0.0344. The van der Waals surface area contributed by atoms with E-state index in [9.17, 15) is 14.4 Å². The second kappa shape index (κ2) is 47.9. The summed E-state index contributed by atoms with van der Waals surface area (Å²) in [5.74, 6) is 0.859. The van der Waals surface area contributed by atoms with Crippen LogP contribution in [0.2, 0.25) is 0 Å².